The normalized spacial score (nSPS) is 14.7. The molecule has 1 fully saturated rings. The molecule has 0 atom stereocenters. The summed E-state index contributed by atoms with van der Waals surface area (Å²) in [6.45, 7) is 3.14. The van der Waals surface area contributed by atoms with Crippen LogP contribution < -0.4 is 15.4 Å². The number of sulfonamides is 1. The number of rotatable bonds is 9. The Balaban J connectivity index is 1.63. The van der Waals surface area contributed by atoms with Gasteiger partial charge in [-0.05, 0) is 36.8 Å². The van der Waals surface area contributed by atoms with Crippen LogP contribution in [0.25, 0.3) is 0 Å². The minimum Gasteiger partial charge on any atom is -0.477 e. The average molecular weight is 447 g/mol. The van der Waals surface area contributed by atoms with Crippen LogP contribution >= 0.6 is 0 Å². The molecule has 1 aromatic heterocycles. The standard InChI is InChI=1S/C21H26N4O5S/c1-2-3-13-30-21-17(5-4-10-23-21)14-24-20(27)16-6-8-18(9-7-16)31(28,29)25-12-11-22-19(26)15-25/h4-10H,2-3,11-15H2,1H3,(H,22,26)(H,24,27). The fraction of sp³-hybridized carbons (Fsp3) is 0.381. The molecule has 2 aromatic rings. The molecule has 2 heterocycles. The number of aromatic nitrogens is 1. The topological polar surface area (TPSA) is 118 Å². The van der Waals surface area contributed by atoms with Crippen LogP contribution in [0.2, 0.25) is 0 Å². The molecule has 1 aliphatic heterocycles. The summed E-state index contributed by atoms with van der Waals surface area (Å²) in [7, 11) is -3.79. The second kappa shape index (κ2) is 10.4. The van der Waals surface area contributed by atoms with Crippen molar-refractivity contribution in [3.05, 3.63) is 53.7 Å². The van der Waals surface area contributed by atoms with Crippen molar-refractivity contribution in [3.8, 4) is 5.88 Å². The molecule has 2 amide bonds. The van der Waals surface area contributed by atoms with Crippen molar-refractivity contribution < 1.29 is 22.7 Å². The van der Waals surface area contributed by atoms with E-state index in [1.807, 2.05) is 6.07 Å². The quantitative estimate of drug-likeness (QED) is 0.561. The third-order valence-corrected chi connectivity index (χ3v) is 6.64. The van der Waals surface area contributed by atoms with E-state index in [9.17, 15) is 18.0 Å². The first-order valence-electron chi connectivity index (χ1n) is 10.1. The summed E-state index contributed by atoms with van der Waals surface area (Å²) in [6.07, 6.45) is 3.56. The highest BCUT2D eigenvalue weighted by Crippen LogP contribution is 2.18. The highest BCUT2D eigenvalue weighted by atomic mass is 32.2. The van der Waals surface area contributed by atoms with Crippen molar-refractivity contribution >= 4 is 21.8 Å². The number of unbranched alkanes of at least 4 members (excludes halogenated alkanes) is 1. The number of ether oxygens (including phenoxy) is 1. The van der Waals surface area contributed by atoms with Gasteiger partial charge in [-0.1, -0.05) is 19.4 Å². The largest absolute Gasteiger partial charge is 0.477 e. The summed E-state index contributed by atoms with van der Waals surface area (Å²) in [6, 6.07) is 9.26. The molecule has 0 bridgehead atoms. The minimum atomic E-state index is -3.79. The van der Waals surface area contributed by atoms with E-state index in [0.29, 0.717) is 18.1 Å². The van der Waals surface area contributed by atoms with E-state index in [-0.39, 0.29) is 42.9 Å². The second-order valence-corrected chi connectivity index (χ2v) is 9.00. The van der Waals surface area contributed by atoms with Crippen molar-refractivity contribution in [2.45, 2.75) is 31.2 Å². The maximum atomic E-state index is 12.7. The molecule has 0 aliphatic carbocycles. The summed E-state index contributed by atoms with van der Waals surface area (Å²) in [5, 5.41) is 5.40. The first-order valence-corrected chi connectivity index (χ1v) is 11.6. The van der Waals surface area contributed by atoms with E-state index in [1.54, 1.807) is 12.3 Å². The van der Waals surface area contributed by atoms with Gasteiger partial charge < -0.3 is 15.4 Å². The first-order chi connectivity index (χ1) is 14.9. The van der Waals surface area contributed by atoms with Crippen molar-refractivity contribution in [3.63, 3.8) is 0 Å². The van der Waals surface area contributed by atoms with Crippen molar-refractivity contribution in [1.82, 2.24) is 19.9 Å². The van der Waals surface area contributed by atoms with Crippen molar-refractivity contribution in [2.75, 3.05) is 26.2 Å². The molecule has 9 nitrogen and oxygen atoms in total. The molecule has 0 saturated carbocycles. The Bertz CT molecular complexity index is 1020. The summed E-state index contributed by atoms with van der Waals surface area (Å²) >= 11 is 0. The van der Waals surface area contributed by atoms with E-state index < -0.39 is 10.0 Å². The van der Waals surface area contributed by atoms with Crippen LogP contribution in [0.3, 0.4) is 0 Å². The lowest BCUT2D eigenvalue weighted by atomic mass is 10.2. The lowest BCUT2D eigenvalue weighted by molar-refractivity contribution is -0.122. The highest BCUT2D eigenvalue weighted by molar-refractivity contribution is 7.89. The SMILES string of the molecule is CCCCOc1ncccc1CNC(=O)c1ccc(S(=O)(=O)N2CCNC(=O)C2)cc1. The zero-order valence-corrected chi connectivity index (χ0v) is 18.2. The molecule has 1 saturated heterocycles. The van der Waals surface area contributed by atoms with E-state index in [4.69, 9.17) is 4.74 Å². The maximum Gasteiger partial charge on any atom is 0.251 e. The van der Waals surface area contributed by atoms with E-state index in [0.717, 1.165) is 22.7 Å². The van der Waals surface area contributed by atoms with Gasteiger partial charge in [-0.2, -0.15) is 4.31 Å². The number of nitrogens with one attached hydrogen (secondary N) is 2. The Hall–Kier alpha value is -2.98. The van der Waals surface area contributed by atoms with Crippen LogP contribution in [0.5, 0.6) is 5.88 Å². The molecule has 0 spiro atoms. The number of hydrogen-bond acceptors (Lipinski definition) is 6. The fourth-order valence-electron chi connectivity index (χ4n) is 3.03. The summed E-state index contributed by atoms with van der Waals surface area (Å²) in [4.78, 5) is 28.3. The third-order valence-electron chi connectivity index (χ3n) is 4.78. The predicted molar refractivity (Wildman–Crippen MR) is 114 cm³/mol. The number of piperazine rings is 1. The zero-order chi connectivity index (χ0) is 22.3. The van der Waals surface area contributed by atoms with Crippen LogP contribution in [-0.2, 0) is 21.4 Å². The fourth-order valence-corrected chi connectivity index (χ4v) is 4.42. The number of pyridine rings is 1. The zero-order valence-electron chi connectivity index (χ0n) is 17.3. The van der Waals surface area contributed by atoms with Crippen LogP contribution in [0.15, 0.2) is 47.5 Å². The van der Waals surface area contributed by atoms with Gasteiger partial charge in [0, 0.05) is 37.0 Å². The second-order valence-electron chi connectivity index (χ2n) is 7.07. The van der Waals surface area contributed by atoms with Gasteiger partial charge in [0.25, 0.3) is 5.91 Å². The molecule has 0 radical (unpaired) electrons. The summed E-state index contributed by atoms with van der Waals surface area (Å²) in [5.41, 5.74) is 1.09. The van der Waals surface area contributed by atoms with Crippen LogP contribution in [0.1, 0.15) is 35.7 Å². The minimum absolute atomic E-state index is 0.0395. The van der Waals surface area contributed by atoms with Crippen molar-refractivity contribution in [2.24, 2.45) is 0 Å². The predicted octanol–water partition coefficient (Wildman–Crippen LogP) is 1.31. The highest BCUT2D eigenvalue weighted by Gasteiger charge is 2.29. The molecular formula is C21H26N4O5S. The average Bonchev–Trinajstić information content (AvgIpc) is 2.78. The van der Waals surface area contributed by atoms with Crippen molar-refractivity contribution in [1.29, 1.82) is 0 Å². The Morgan fingerprint density at radius 3 is 2.74 bits per heavy atom. The molecule has 3 rings (SSSR count). The maximum absolute atomic E-state index is 12.7. The number of benzene rings is 1. The lowest BCUT2D eigenvalue weighted by Gasteiger charge is -2.25. The summed E-state index contributed by atoms with van der Waals surface area (Å²) < 4.78 is 32.2. The van der Waals surface area contributed by atoms with E-state index in [2.05, 4.69) is 22.5 Å². The van der Waals surface area contributed by atoms with Gasteiger partial charge >= 0.3 is 0 Å². The molecule has 31 heavy (non-hydrogen) atoms. The van der Waals surface area contributed by atoms with Gasteiger partial charge in [0.05, 0.1) is 18.0 Å². The van der Waals surface area contributed by atoms with E-state index >= 15 is 0 Å². The van der Waals surface area contributed by atoms with Gasteiger partial charge in [-0.25, -0.2) is 13.4 Å². The summed E-state index contributed by atoms with van der Waals surface area (Å²) in [5.74, 6) is -0.188. The molecule has 166 valence electrons. The van der Waals surface area contributed by atoms with Crippen LogP contribution in [-0.4, -0.2) is 55.8 Å². The monoisotopic (exact) mass is 446 g/mol. The Morgan fingerprint density at radius 1 is 1.26 bits per heavy atom. The number of amides is 2. The van der Waals surface area contributed by atoms with Gasteiger partial charge in [-0.15, -0.1) is 0 Å². The smallest absolute Gasteiger partial charge is 0.251 e. The lowest BCUT2D eigenvalue weighted by Crippen LogP contribution is -2.49. The molecular weight excluding hydrogens is 420 g/mol. The van der Waals surface area contributed by atoms with Crippen LogP contribution in [0, 0.1) is 0 Å². The van der Waals surface area contributed by atoms with Gasteiger partial charge in [-0.3, -0.25) is 9.59 Å². The number of hydrogen-bond donors (Lipinski definition) is 2. The molecule has 0 unspecified atom stereocenters. The Morgan fingerprint density at radius 2 is 2.03 bits per heavy atom. The Kier molecular flexibility index (Phi) is 7.59. The number of carbonyl (C=O) groups excluding carboxylic acids is 2. The number of nitrogens with zero attached hydrogens (tertiary/aromatic N) is 2. The van der Waals surface area contributed by atoms with E-state index in [1.165, 1.54) is 24.3 Å². The van der Waals surface area contributed by atoms with Gasteiger partial charge in [0.2, 0.25) is 21.8 Å². The molecule has 1 aliphatic rings. The third kappa shape index (κ3) is 5.80. The van der Waals surface area contributed by atoms with Crippen LogP contribution in [0.4, 0.5) is 0 Å². The molecule has 10 heteroatoms. The number of carbonyl (C=O) groups is 2. The van der Waals surface area contributed by atoms with Gasteiger partial charge in [0.1, 0.15) is 0 Å². The molecule has 2 N–H and O–H groups in total. The molecule has 1 aromatic carbocycles. The first kappa shape index (κ1) is 22.7. The van der Waals surface area contributed by atoms with Gasteiger partial charge in [0.15, 0.2) is 0 Å². The Labute approximate surface area is 181 Å².